The Balaban J connectivity index is 1.20. The second-order valence-electron chi connectivity index (χ2n) is 11.3. The molecule has 3 aliphatic rings. The van der Waals surface area contributed by atoms with Crippen LogP contribution in [0.15, 0.2) is 12.4 Å². The Bertz CT molecular complexity index is 629. The summed E-state index contributed by atoms with van der Waals surface area (Å²) in [5, 5.41) is 0. The SMILES string of the molecule is CC(C)c1ncc(C2CCN(C3CCC(C4CCC(C(C)C)CC4)CC3)CC2)cn1. The van der Waals surface area contributed by atoms with E-state index < -0.39 is 0 Å². The molecule has 0 aromatic carbocycles. The van der Waals surface area contributed by atoms with Crippen molar-refractivity contribution >= 4 is 0 Å². The summed E-state index contributed by atoms with van der Waals surface area (Å²) < 4.78 is 0. The fraction of sp³-hybridized carbons (Fsp3) is 0.852. The van der Waals surface area contributed by atoms with Gasteiger partial charge in [0.1, 0.15) is 5.82 Å². The fourth-order valence-electron chi connectivity index (χ4n) is 6.68. The molecule has 0 N–H and O–H groups in total. The molecule has 3 nitrogen and oxygen atoms in total. The van der Waals surface area contributed by atoms with Crippen LogP contribution in [0, 0.1) is 23.7 Å². The predicted octanol–water partition coefficient (Wildman–Crippen LogP) is 6.80. The molecule has 3 heteroatoms. The summed E-state index contributed by atoms with van der Waals surface area (Å²) >= 11 is 0. The van der Waals surface area contributed by atoms with Gasteiger partial charge in [0.05, 0.1) is 0 Å². The van der Waals surface area contributed by atoms with Crippen LogP contribution in [-0.4, -0.2) is 34.0 Å². The molecule has 3 fully saturated rings. The van der Waals surface area contributed by atoms with E-state index >= 15 is 0 Å². The maximum Gasteiger partial charge on any atom is 0.130 e. The number of piperidine rings is 1. The molecule has 0 bridgehead atoms. The molecule has 1 aromatic heterocycles. The molecule has 1 saturated heterocycles. The van der Waals surface area contributed by atoms with Crippen LogP contribution in [0.4, 0.5) is 0 Å². The third kappa shape index (κ3) is 5.26. The topological polar surface area (TPSA) is 29.0 Å². The van der Waals surface area contributed by atoms with E-state index in [-0.39, 0.29) is 0 Å². The van der Waals surface area contributed by atoms with Gasteiger partial charge in [0, 0.05) is 24.4 Å². The first-order chi connectivity index (χ1) is 14.5. The lowest BCUT2D eigenvalue weighted by Gasteiger charge is -2.43. The zero-order valence-electron chi connectivity index (χ0n) is 20.0. The average molecular weight is 412 g/mol. The average Bonchev–Trinajstić information content (AvgIpc) is 2.79. The number of hydrogen-bond donors (Lipinski definition) is 0. The number of aromatic nitrogens is 2. The molecule has 2 heterocycles. The van der Waals surface area contributed by atoms with Gasteiger partial charge in [-0.2, -0.15) is 0 Å². The van der Waals surface area contributed by atoms with Gasteiger partial charge in [-0.1, -0.05) is 27.7 Å². The van der Waals surface area contributed by atoms with E-state index in [0.717, 1.165) is 35.5 Å². The molecule has 1 aromatic rings. The molecule has 2 aliphatic carbocycles. The standard InChI is InChI=1S/C27H45N3/c1-19(2)21-5-7-22(8-6-21)23-9-11-26(12-10-23)30-15-13-24(14-16-30)25-17-28-27(20(3)4)29-18-25/h17-24,26H,5-16H2,1-4H3. The first kappa shape index (κ1) is 22.2. The van der Waals surface area contributed by atoms with Gasteiger partial charge in [0.25, 0.3) is 0 Å². The zero-order chi connectivity index (χ0) is 21.1. The third-order valence-corrected chi connectivity index (χ3v) is 8.89. The maximum atomic E-state index is 4.60. The van der Waals surface area contributed by atoms with E-state index in [4.69, 9.17) is 0 Å². The Labute approximate surface area is 185 Å². The molecular weight excluding hydrogens is 366 g/mol. The smallest absolute Gasteiger partial charge is 0.130 e. The number of rotatable bonds is 5. The van der Waals surface area contributed by atoms with Gasteiger partial charge in [-0.25, -0.2) is 9.97 Å². The van der Waals surface area contributed by atoms with Gasteiger partial charge < -0.3 is 4.90 Å². The lowest BCUT2D eigenvalue weighted by Crippen LogP contribution is -2.43. The Kier molecular flexibility index (Phi) is 7.49. The van der Waals surface area contributed by atoms with Gasteiger partial charge in [0.2, 0.25) is 0 Å². The second-order valence-corrected chi connectivity index (χ2v) is 11.3. The van der Waals surface area contributed by atoms with Crippen molar-refractivity contribution in [3.8, 4) is 0 Å². The van der Waals surface area contributed by atoms with Crippen molar-refractivity contribution in [2.45, 2.75) is 110 Å². The minimum Gasteiger partial charge on any atom is -0.300 e. The van der Waals surface area contributed by atoms with Gasteiger partial charge in [-0.3, -0.25) is 0 Å². The quantitative estimate of drug-likeness (QED) is 0.533. The van der Waals surface area contributed by atoms with E-state index in [1.54, 1.807) is 0 Å². The normalized spacial score (nSPS) is 32.1. The van der Waals surface area contributed by atoms with Crippen LogP contribution < -0.4 is 0 Å². The highest BCUT2D eigenvalue weighted by atomic mass is 15.2. The van der Waals surface area contributed by atoms with Crippen LogP contribution in [-0.2, 0) is 0 Å². The second kappa shape index (κ2) is 10.1. The molecular formula is C27H45N3. The van der Waals surface area contributed by atoms with Crippen molar-refractivity contribution in [3.63, 3.8) is 0 Å². The Morgan fingerprint density at radius 3 is 1.77 bits per heavy atom. The van der Waals surface area contributed by atoms with Crippen molar-refractivity contribution in [1.82, 2.24) is 14.9 Å². The summed E-state index contributed by atoms with van der Waals surface area (Å²) in [7, 11) is 0. The van der Waals surface area contributed by atoms with Crippen LogP contribution in [0.3, 0.4) is 0 Å². The molecule has 168 valence electrons. The summed E-state index contributed by atoms with van der Waals surface area (Å²) in [5.41, 5.74) is 1.36. The number of likely N-dealkylation sites (tertiary alicyclic amines) is 1. The molecule has 0 amide bonds. The molecule has 0 spiro atoms. The first-order valence-electron chi connectivity index (χ1n) is 13.1. The van der Waals surface area contributed by atoms with Crippen LogP contribution in [0.2, 0.25) is 0 Å². The Morgan fingerprint density at radius 2 is 1.27 bits per heavy atom. The maximum absolute atomic E-state index is 4.60. The summed E-state index contributed by atoms with van der Waals surface area (Å²) in [5.74, 6) is 6.03. The van der Waals surface area contributed by atoms with Gasteiger partial charge in [0.15, 0.2) is 0 Å². The molecule has 30 heavy (non-hydrogen) atoms. The predicted molar refractivity (Wildman–Crippen MR) is 126 cm³/mol. The van der Waals surface area contributed by atoms with Crippen LogP contribution >= 0.6 is 0 Å². The highest BCUT2D eigenvalue weighted by molar-refractivity contribution is 5.14. The van der Waals surface area contributed by atoms with Crippen LogP contribution in [0.1, 0.15) is 115 Å². The van der Waals surface area contributed by atoms with Crippen molar-refractivity contribution in [3.05, 3.63) is 23.8 Å². The molecule has 1 aliphatic heterocycles. The molecule has 0 unspecified atom stereocenters. The van der Waals surface area contributed by atoms with Crippen molar-refractivity contribution < 1.29 is 0 Å². The summed E-state index contributed by atoms with van der Waals surface area (Å²) in [4.78, 5) is 12.0. The lowest BCUT2D eigenvalue weighted by atomic mass is 9.68. The molecule has 2 saturated carbocycles. The number of hydrogen-bond acceptors (Lipinski definition) is 3. The largest absolute Gasteiger partial charge is 0.300 e. The summed E-state index contributed by atoms with van der Waals surface area (Å²) in [6, 6.07) is 0.855. The molecule has 0 radical (unpaired) electrons. The monoisotopic (exact) mass is 411 g/mol. The third-order valence-electron chi connectivity index (χ3n) is 8.89. The van der Waals surface area contributed by atoms with E-state index in [1.165, 1.54) is 82.9 Å². The van der Waals surface area contributed by atoms with Crippen molar-refractivity contribution in [1.29, 1.82) is 0 Å². The molecule has 4 rings (SSSR count). The van der Waals surface area contributed by atoms with Gasteiger partial charge >= 0.3 is 0 Å². The van der Waals surface area contributed by atoms with E-state index in [9.17, 15) is 0 Å². The Hall–Kier alpha value is -0.960. The lowest BCUT2D eigenvalue weighted by molar-refractivity contribution is 0.0790. The Morgan fingerprint density at radius 1 is 0.733 bits per heavy atom. The summed E-state index contributed by atoms with van der Waals surface area (Å²) in [6.45, 7) is 11.7. The zero-order valence-corrected chi connectivity index (χ0v) is 20.0. The van der Waals surface area contributed by atoms with E-state index in [1.807, 2.05) is 0 Å². The van der Waals surface area contributed by atoms with Crippen LogP contribution in [0.25, 0.3) is 0 Å². The number of nitrogens with zero attached hydrogens (tertiary/aromatic N) is 3. The minimum absolute atomic E-state index is 0.418. The first-order valence-corrected chi connectivity index (χ1v) is 13.1. The van der Waals surface area contributed by atoms with E-state index in [2.05, 4.69) is 55.0 Å². The highest BCUT2D eigenvalue weighted by Crippen LogP contribution is 2.43. The fourth-order valence-corrected chi connectivity index (χ4v) is 6.68. The van der Waals surface area contributed by atoms with Crippen molar-refractivity contribution in [2.75, 3.05) is 13.1 Å². The van der Waals surface area contributed by atoms with Crippen molar-refractivity contribution in [2.24, 2.45) is 23.7 Å². The van der Waals surface area contributed by atoms with Crippen LogP contribution in [0.5, 0.6) is 0 Å². The van der Waals surface area contributed by atoms with E-state index in [0.29, 0.717) is 11.8 Å². The van der Waals surface area contributed by atoms with Gasteiger partial charge in [-0.15, -0.1) is 0 Å². The molecule has 0 atom stereocenters. The van der Waals surface area contributed by atoms with Gasteiger partial charge in [-0.05, 0) is 112 Å². The highest BCUT2D eigenvalue weighted by Gasteiger charge is 2.34. The summed E-state index contributed by atoms with van der Waals surface area (Å²) in [6.07, 6.45) is 18.7. The minimum atomic E-state index is 0.418.